The van der Waals surface area contributed by atoms with Crippen LogP contribution in [-0.2, 0) is 9.53 Å². The van der Waals surface area contributed by atoms with Crippen LogP contribution in [0.3, 0.4) is 0 Å². The summed E-state index contributed by atoms with van der Waals surface area (Å²) < 4.78 is 10.1. The smallest absolute Gasteiger partial charge is 0.338 e. The number of nitrogens with one attached hydrogen (secondary N) is 1. The number of aryl methyl sites for hydroxylation is 2. The van der Waals surface area contributed by atoms with Gasteiger partial charge in [-0.05, 0) is 43.2 Å². The number of amides is 1. The van der Waals surface area contributed by atoms with Crippen molar-refractivity contribution in [2.75, 3.05) is 19.0 Å². The molecule has 0 fully saturated rings. The third kappa shape index (κ3) is 4.56. The maximum Gasteiger partial charge on any atom is 0.338 e. The summed E-state index contributed by atoms with van der Waals surface area (Å²) in [6, 6.07) is 8.90. The first-order valence-corrected chi connectivity index (χ1v) is 7.68. The number of carbonyl (C=O) groups excluding carboxylic acids is 2. The van der Waals surface area contributed by atoms with Crippen LogP contribution >= 0.6 is 0 Å². The van der Waals surface area contributed by atoms with Crippen molar-refractivity contribution in [1.82, 2.24) is 0 Å². The number of hydrogen-bond acceptors (Lipinski definition) is 6. The molecule has 0 bridgehead atoms. The van der Waals surface area contributed by atoms with Gasteiger partial charge in [0.25, 0.3) is 11.6 Å². The highest BCUT2D eigenvalue weighted by Gasteiger charge is 2.14. The van der Waals surface area contributed by atoms with E-state index in [1.807, 2.05) is 6.92 Å². The van der Waals surface area contributed by atoms with Crippen LogP contribution < -0.4 is 10.1 Å². The minimum atomic E-state index is -0.654. The summed E-state index contributed by atoms with van der Waals surface area (Å²) in [5.41, 5.74) is 2.01. The molecule has 0 radical (unpaired) electrons. The molecule has 0 aliphatic carbocycles. The molecule has 0 saturated carbocycles. The van der Waals surface area contributed by atoms with Gasteiger partial charge >= 0.3 is 5.97 Å². The molecule has 26 heavy (non-hydrogen) atoms. The number of carbonyl (C=O) groups is 2. The molecule has 1 N–H and O–H groups in total. The van der Waals surface area contributed by atoms with E-state index in [2.05, 4.69) is 5.32 Å². The third-order valence-corrected chi connectivity index (χ3v) is 3.67. The summed E-state index contributed by atoms with van der Waals surface area (Å²) >= 11 is 0. The summed E-state index contributed by atoms with van der Waals surface area (Å²) in [4.78, 5) is 34.2. The monoisotopic (exact) mass is 358 g/mol. The van der Waals surface area contributed by atoms with Crippen molar-refractivity contribution < 1.29 is 24.0 Å². The first-order chi connectivity index (χ1) is 12.3. The van der Waals surface area contributed by atoms with E-state index in [1.54, 1.807) is 19.1 Å². The molecule has 0 unspecified atom stereocenters. The predicted octanol–water partition coefficient (Wildman–Crippen LogP) is 3.02. The van der Waals surface area contributed by atoms with Crippen molar-refractivity contribution in [3.05, 3.63) is 63.2 Å². The van der Waals surface area contributed by atoms with Gasteiger partial charge in [-0.15, -0.1) is 0 Å². The van der Waals surface area contributed by atoms with Crippen LogP contribution in [0.25, 0.3) is 0 Å². The summed E-state index contributed by atoms with van der Waals surface area (Å²) in [5.74, 6) is -0.654. The number of esters is 1. The first-order valence-electron chi connectivity index (χ1n) is 7.68. The number of rotatable bonds is 6. The number of methoxy groups -OCH3 is 1. The molecule has 0 saturated heterocycles. The number of benzene rings is 2. The highest BCUT2D eigenvalue weighted by atomic mass is 16.6. The van der Waals surface area contributed by atoms with Gasteiger partial charge in [0, 0.05) is 17.8 Å². The fourth-order valence-corrected chi connectivity index (χ4v) is 2.25. The Hall–Kier alpha value is -3.42. The second-order valence-corrected chi connectivity index (χ2v) is 5.57. The molecule has 0 aromatic heterocycles. The number of hydrogen-bond donors (Lipinski definition) is 1. The Labute approximate surface area is 149 Å². The van der Waals surface area contributed by atoms with Crippen molar-refractivity contribution in [2.45, 2.75) is 13.8 Å². The number of non-ortho nitro benzene ring substituents is 1. The lowest BCUT2D eigenvalue weighted by Crippen LogP contribution is -2.21. The lowest BCUT2D eigenvalue weighted by molar-refractivity contribution is -0.384. The van der Waals surface area contributed by atoms with E-state index in [0.717, 1.165) is 5.56 Å². The summed E-state index contributed by atoms with van der Waals surface area (Å²) in [6.45, 7) is 2.99. The minimum absolute atomic E-state index is 0.0692. The molecular formula is C18H18N2O6. The number of anilines is 1. The molecule has 0 atom stereocenters. The molecule has 0 spiro atoms. The van der Waals surface area contributed by atoms with Gasteiger partial charge in [0.2, 0.25) is 0 Å². The van der Waals surface area contributed by atoms with Crippen LogP contribution in [0.4, 0.5) is 11.4 Å². The molecular weight excluding hydrogens is 340 g/mol. The van der Waals surface area contributed by atoms with Crippen LogP contribution in [0.2, 0.25) is 0 Å². The molecule has 136 valence electrons. The Bertz CT molecular complexity index is 863. The summed E-state index contributed by atoms with van der Waals surface area (Å²) in [7, 11) is 1.50. The first kappa shape index (κ1) is 18.9. The zero-order valence-electron chi connectivity index (χ0n) is 14.6. The Morgan fingerprint density at radius 3 is 2.46 bits per heavy atom. The van der Waals surface area contributed by atoms with Gasteiger partial charge in [-0.3, -0.25) is 14.9 Å². The van der Waals surface area contributed by atoms with E-state index >= 15 is 0 Å². The largest absolute Gasteiger partial charge is 0.496 e. The molecule has 8 heteroatoms. The Morgan fingerprint density at radius 1 is 1.12 bits per heavy atom. The molecule has 0 heterocycles. The van der Waals surface area contributed by atoms with Crippen molar-refractivity contribution >= 4 is 23.3 Å². The molecule has 2 aromatic carbocycles. The molecule has 1 amide bonds. The standard InChI is InChI=1S/C18H18N2O6/c1-11-4-5-13(9-16(11)25-3)18(22)26-10-17(21)19-15-7-6-14(20(23)24)8-12(15)2/h4-9H,10H2,1-3H3,(H,19,21). The van der Waals surface area contributed by atoms with Crippen molar-refractivity contribution in [1.29, 1.82) is 0 Å². The van der Waals surface area contributed by atoms with Crippen molar-refractivity contribution in [3.63, 3.8) is 0 Å². The predicted molar refractivity (Wildman–Crippen MR) is 94.5 cm³/mol. The Balaban J connectivity index is 1.96. The van der Waals surface area contributed by atoms with E-state index in [1.165, 1.54) is 31.4 Å². The Kier molecular flexibility index (Phi) is 5.90. The lowest BCUT2D eigenvalue weighted by atomic mass is 10.1. The van der Waals surface area contributed by atoms with Gasteiger partial charge in [-0.25, -0.2) is 4.79 Å². The summed E-state index contributed by atoms with van der Waals surface area (Å²) in [5, 5.41) is 13.3. The lowest BCUT2D eigenvalue weighted by Gasteiger charge is -2.10. The maximum atomic E-state index is 12.0. The fourth-order valence-electron chi connectivity index (χ4n) is 2.25. The quantitative estimate of drug-likeness (QED) is 0.483. The van der Waals surface area contributed by atoms with Crippen molar-refractivity contribution in [2.24, 2.45) is 0 Å². The van der Waals surface area contributed by atoms with E-state index in [-0.39, 0.29) is 11.3 Å². The van der Waals surface area contributed by atoms with E-state index < -0.39 is 23.4 Å². The van der Waals surface area contributed by atoms with Crippen LogP contribution in [-0.4, -0.2) is 30.5 Å². The Morgan fingerprint density at radius 2 is 1.85 bits per heavy atom. The minimum Gasteiger partial charge on any atom is -0.496 e. The fraction of sp³-hybridized carbons (Fsp3) is 0.222. The van der Waals surface area contributed by atoms with Gasteiger partial charge in [0.1, 0.15) is 5.75 Å². The van der Waals surface area contributed by atoms with E-state index in [9.17, 15) is 19.7 Å². The SMILES string of the molecule is COc1cc(C(=O)OCC(=O)Nc2ccc([N+](=O)[O-])cc2C)ccc1C. The molecule has 0 aliphatic rings. The maximum absolute atomic E-state index is 12.0. The van der Waals surface area contributed by atoms with Crippen LogP contribution in [0.5, 0.6) is 5.75 Å². The average molecular weight is 358 g/mol. The normalized spacial score (nSPS) is 10.1. The van der Waals surface area contributed by atoms with E-state index in [0.29, 0.717) is 17.0 Å². The van der Waals surface area contributed by atoms with Crippen LogP contribution in [0.1, 0.15) is 21.5 Å². The van der Waals surface area contributed by atoms with Crippen LogP contribution in [0, 0.1) is 24.0 Å². The number of ether oxygens (including phenoxy) is 2. The molecule has 0 aliphatic heterocycles. The zero-order valence-corrected chi connectivity index (χ0v) is 14.6. The highest BCUT2D eigenvalue weighted by Crippen LogP contribution is 2.21. The number of nitro benzene ring substituents is 1. The van der Waals surface area contributed by atoms with E-state index in [4.69, 9.17) is 9.47 Å². The van der Waals surface area contributed by atoms with Gasteiger partial charge in [0.15, 0.2) is 6.61 Å². The highest BCUT2D eigenvalue weighted by molar-refractivity contribution is 5.96. The molecule has 2 aromatic rings. The van der Waals surface area contributed by atoms with Gasteiger partial charge in [-0.2, -0.15) is 0 Å². The summed E-state index contributed by atoms with van der Waals surface area (Å²) in [6.07, 6.45) is 0. The van der Waals surface area contributed by atoms with Crippen molar-refractivity contribution in [3.8, 4) is 5.75 Å². The second kappa shape index (κ2) is 8.11. The van der Waals surface area contributed by atoms with Gasteiger partial charge in [0.05, 0.1) is 17.6 Å². The number of nitro groups is 1. The van der Waals surface area contributed by atoms with Crippen LogP contribution in [0.15, 0.2) is 36.4 Å². The third-order valence-electron chi connectivity index (χ3n) is 3.67. The van der Waals surface area contributed by atoms with Gasteiger partial charge < -0.3 is 14.8 Å². The number of nitrogens with zero attached hydrogens (tertiary/aromatic N) is 1. The topological polar surface area (TPSA) is 108 Å². The molecule has 2 rings (SSSR count). The molecule has 8 nitrogen and oxygen atoms in total. The zero-order chi connectivity index (χ0) is 19.3. The second-order valence-electron chi connectivity index (χ2n) is 5.57. The average Bonchev–Trinajstić information content (AvgIpc) is 2.61. The van der Waals surface area contributed by atoms with Gasteiger partial charge in [-0.1, -0.05) is 6.07 Å².